The molecule has 2 heteroatoms. The average molecular weight is 340 g/mol. The lowest BCUT2D eigenvalue weighted by molar-refractivity contribution is 0.194. The summed E-state index contributed by atoms with van der Waals surface area (Å²) in [5.74, 6) is 1.55. The molecule has 0 N–H and O–H groups in total. The molecule has 0 aromatic heterocycles. The molecule has 0 bridgehead atoms. The molecule has 0 aliphatic heterocycles. The minimum Gasteiger partial charge on any atom is -0.493 e. The molecule has 0 saturated heterocycles. The Balaban J connectivity index is 2.30. The fraction of sp³-hybridized carbons (Fsp3) is 0.478. The number of para-hydroxylation sites is 1. The number of ether oxygens (including phenoxy) is 1. The van der Waals surface area contributed by atoms with Crippen LogP contribution in [0.1, 0.15) is 63.6 Å². The highest BCUT2D eigenvalue weighted by atomic mass is 16.5. The molecule has 0 radical (unpaired) electrons. The summed E-state index contributed by atoms with van der Waals surface area (Å²) >= 11 is 0. The zero-order valence-corrected chi connectivity index (χ0v) is 16.2. The maximum atomic E-state index is 6.07. The minimum atomic E-state index is 0.373. The van der Waals surface area contributed by atoms with E-state index >= 15 is 0 Å². The highest BCUT2D eigenvalue weighted by Gasteiger charge is 2.24. The van der Waals surface area contributed by atoms with E-state index < -0.39 is 0 Å². The molecule has 25 heavy (non-hydrogen) atoms. The van der Waals surface area contributed by atoms with Crippen LogP contribution in [0, 0.1) is 0 Å². The van der Waals surface area contributed by atoms with E-state index in [1.165, 1.54) is 11.1 Å². The predicted octanol–water partition coefficient (Wildman–Crippen LogP) is 6.05. The van der Waals surface area contributed by atoms with Gasteiger partial charge < -0.3 is 4.74 Å². The molecule has 2 aromatic carbocycles. The van der Waals surface area contributed by atoms with Gasteiger partial charge in [0.1, 0.15) is 5.75 Å². The first-order valence-corrected chi connectivity index (χ1v) is 9.71. The molecule has 0 amide bonds. The van der Waals surface area contributed by atoms with Crippen molar-refractivity contribution in [2.24, 2.45) is 0 Å². The third-order valence-electron chi connectivity index (χ3n) is 4.94. The average Bonchev–Trinajstić information content (AvgIpc) is 2.67. The van der Waals surface area contributed by atoms with E-state index in [0.29, 0.717) is 12.0 Å². The van der Waals surface area contributed by atoms with E-state index in [1.807, 2.05) is 0 Å². The second-order valence-corrected chi connectivity index (χ2v) is 6.67. The molecule has 0 fully saturated rings. The summed E-state index contributed by atoms with van der Waals surface area (Å²) in [6.07, 6.45) is 2.13. The van der Waals surface area contributed by atoms with E-state index in [2.05, 4.69) is 87.2 Å². The summed E-state index contributed by atoms with van der Waals surface area (Å²) in [4.78, 5) is 2.55. The zero-order valence-electron chi connectivity index (χ0n) is 16.2. The van der Waals surface area contributed by atoms with Gasteiger partial charge in [-0.25, -0.2) is 0 Å². The Morgan fingerprint density at radius 2 is 1.52 bits per heavy atom. The van der Waals surface area contributed by atoms with Gasteiger partial charge in [0.15, 0.2) is 0 Å². The fourth-order valence-corrected chi connectivity index (χ4v) is 3.49. The van der Waals surface area contributed by atoms with Crippen LogP contribution in [0.15, 0.2) is 54.6 Å². The Morgan fingerprint density at radius 3 is 2.16 bits per heavy atom. The van der Waals surface area contributed by atoms with Crippen molar-refractivity contribution in [1.29, 1.82) is 0 Å². The summed E-state index contributed by atoms with van der Waals surface area (Å²) in [6, 6.07) is 19.8. The number of nitrogens with zero attached hydrogens (tertiary/aromatic N) is 1. The van der Waals surface area contributed by atoms with Gasteiger partial charge in [-0.15, -0.1) is 0 Å². The predicted molar refractivity (Wildman–Crippen MR) is 107 cm³/mol. The lowest BCUT2D eigenvalue weighted by Crippen LogP contribution is -2.30. The van der Waals surface area contributed by atoms with Gasteiger partial charge in [0, 0.05) is 11.6 Å². The van der Waals surface area contributed by atoms with Crippen LogP contribution < -0.4 is 4.74 Å². The molecule has 2 rings (SSSR count). The van der Waals surface area contributed by atoms with Crippen LogP contribution in [0.25, 0.3) is 0 Å². The first-order chi connectivity index (χ1) is 12.2. The van der Waals surface area contributed by atoms with E-state index in [4.69, 9.17) is 4.74 Å². The highest BCUT2D eigenvalue weighted by molar-refractivity contribution is 5.36. The maximum absolute atomic E-state index is 6.07. The van der Waals surface area contributed by atoms with Gasteiger partial charge in [0.05, 0.1) is 6.61 Å². The monoisotopic (exact) mass is 339 g/mol. The first-order valence-electron chi connectivity index (χ1n) is 9.71. The molecule has 0 aliphatic rings. The van der Waals surface area contributed by atoms with Crippen molar-refractivity contribution < 1.29 is 4.74 Å². The number of rotatable bonds is 10. The lowest BCUT2D eigenvalue weighted by Gasteiger charge is -2.33. The minimum absolute atomic E-state index is 0.373. The standard InChI is InChI=1S/C23H33NO/c1-5-17-25-23-16-12-11-15-21(23)22(24(6-2)7-3)18-19(4)20-13-9-8-10-14-20/h8-16,19,22H,5-7,17-18H2,1-4H3. The Morgan fingerprint density at radius 1 is 0.880 bits per heavy atom. The summed E-state index contributed by atoms with van der Waals surface area (Å²) in [5.41, 5.74) is 2.73. The summed E-state index contributed by atoms with van der Waals surface area (Å²) < 4.78 is 6.07. The molecule has 2 atom stereocenters. The van der Waals surface area contributed by atoms with Crippen LogP contribution in [0.5, 0.6) is 5.75 Å². The van der Waals surface area contributed by atoms with E-state index in [9.17, 15) is 0 Å². The normalized spacial score (nSPS) is 13.6. The molecule has 2 aromatic rings. The van der Waals surface area contributed by atoms with Crippen LogP contribution in [-0.4, -0.2) is 24.6 Å². The summed E-state index contributed by atoms with van der Waals surface area (Å²) in [5, 5.41) is 0. The molecule has 0 heterocycles. The molecule has 0 aliphatic carbocycles. The van der Waals surface area contributed by atoms with Crippen LogP contribution in [0.4, 0.5) is 0 Å². The second-order valence-electron chi connectivity index (χ2n) is 6.67. The van der Waals surface area contributed by atoms with E-state index in [1.54, 1.807) is 0 Å². The Bertz CT molecular complexity index is 606. The van der Waals surface area contributed by atoms with Gasteiger partial charge in [-0.3, -0.25) is 4.90 Å². The molecule has 136 valence electrons. The number of hydrogen-bond acceptors (Lipinski definition) is 2. The van der Waals surface area contributed by atoms with Gasteiger partial charge in [0.25, 0.3) is 0 Å². The van der Waals surface area contributed by atoms with Gasteiger partial charge in [-0.2, -0.15) is 0 Å². The Hall–Kier alpha value is -1.80. The van der Waals surface area contributed by atoms with Gasteiger partial charge in [-0.05, 0) is 43.5 Å². The largest absolute Gasteiger partial charge is 0.493 e. The van der Waals surface area contributed by atoms with Crippen molar-refractivity contribution in [1.82, 2.24) is 4.90 Å². The SMILES string of the molecule is CCCOc1ccccc1C(CC(C)c1ccccc1)N(CC)CC. The van der Waals surface area contributed by atoms with Crippen LogP contribution in [0.3, 0.4) is 0 Å². The van der Waals surface area contributed by atoms with Crippen molar-refractivity contribution in [3.8, 4) is 5.75 Å². The van der Waals surface area contributed by atoms with Crippen molar-refractivity contribution in [2.75, 3.05) is 19.7 Å². The summed E-state index contributed by atoms with van der Waals surface area (Å²) in [7, 11) is 0. The fourth-order valence-electron chi connectivity index (χ4n) is 3.49. The van der Waals surface area contributed by atoms with Gasteiger partial charge in [0.2, 0.25) is 0 Å². The molecule has 2 nitrogen and oxygen atoms in total. The third kappa shape index (κ3) is 5.34. The third-order valence-corrected chi connectivity index (χ3v) is 4.94. The topological polar surface area (TPSA) is 12.5 Å². The highest BCUT2D eigenvalue weighted by Crippen LogP contribution is 2.36. The lowest BCUT2D eigenvalue weighted by atomic mass is 9.89. The van der Waals surface area contributed by atoms with Gasteiger partial charge in [-0.1, -0.05) is 76.2 Å². The van der Waals surface area contributed by atoms with Crippen molar-refractivity contribution in [2.45, 2.75) is 52.5 Å². The quantitative estimate of drug-likeness (QED) is 0.522. The maximum Gasteiger partial charge on any atom is 0.124 e. The first kappa shape index (κ1) is 19.5. The molecular formula is C23H33NO. The number of benzene rings is 2. The molecule has 0 spiro atoms. The summed E-state index contributed by atoms with van der Waals surface area (Å²) in [6.45, 7) is 11.9. The second kappa shape index (κ2) is 10.2. The van der Waals surface area contributed by atoms with E-state index in [0.717, 1.165) is 38.3 Å². The van der Waals surface area contributed by atoms with Crippen molar-refractivity contribution in [3.63, 3.8) is 0 Å². The van der Waals surface area contributed by atoms with Crippen LogP contribution >= 0.6 is 0 Å². The Kier molecular flexibility index (Phi) is 8.00. The molecule has 2 unspecified atom stereocenters. The zero-order chi connectivity index (χ0) is 18.1. The van der Waals surface area contributed by atoms with Crippen LogP contribution in [0.2, 0.25) is 0 Å². The van der Waals surface area contributed by atoms with Crippen molar-refractivity contribution in [3.05, 3.63) is 65.7 Å². The molecule has 0 saturated carbocycles. The van der Waals surface area contributed by atoms with Crippen LogP contribution in [-0.2, 0) is 0 Å². The smallest absolute Gasteiger partial charge is 0.124 e. The van der Waals surface area contributed by atoms with Gasteiger partial charge >= 0.3 is 0 Å². The Labute approximate surface area is 153 Å². The number of hydrogen-bond donors (Lipinski definition) is 0. The van der Waals surface area contributed by atoms with Crippen molar-refractivity contribution >= 4 is 0 Å². The van der Waals surface area contributed by atoms with E-state index in [-0.39, 0.29) is 0 Å². The molecular weight excluding hydrogens is 306 g/mol.